The van der Waals surface area contributed by atoms with Crippen molar-refractivity contribution in [3.8, 4) is 34.4 Å². The highest BCUT2D eigenvalue weighted by Gasteiger charge is 2.31. The second-order valence-corrected chi connectivity index (χ2v) is 22.5. The Morgan fingerprint density at radius 2 is 1.17 bits per heavy atom. The van der Waals surface area contributed by atoms with Gasteiger partial charge in [-0.05, 0) is 174 Å². The predicted octanol–water partition coefficient (Wildman–Crippen LogP) is 9.15. The van der Waals surface area contributed by atoms with Gasteiger partial charge >= 0.3 is 0 Å². The van der Waals surface area contributed by atoms with E-state index < -0.39 is 5.82 Å². The number of aryl methyl sites for hydroxylation is 2. The Hall–Kier alpha value is -4.35. The molecule has 0 radical (unpaired) electrons. The Morgan fingerprint density at radius 1 is 0.681 bits per heavy atom. The third-order valence-corrected chi connectivity index (χ3v) is 16.6. The fourth-order valence-electron chi connectivity index (χ4n) is 12.0. The van der Waals surface area contributed by atoms with E-state index in [1.165, 1.54) is 38.2 Å². The number of ether oxygens (including phenoxy) is 2. The number of carbonyl (C=O) groups excluding carboxylic acids is 2. The molecule has 14 nitrogen and oxygen atoms in total. The molecule has 4 aromatic rings. The zero-order chi connectivity index (χ0) is 50.9. The maximum Gasteiger partial charge on any atom is 0.233 e. The van der Waals surface area contributed by atoms with E-state index in [1.54, 1.807) is 19.2 Å². The van der Waals surface area contributed by atoms with Crippen molar-refractivity contribution < 1.29 is 32.3 Å². The summed E-state index contributed by atoms with van der Waals surface area (Å²) < 4.78 is 39.2. The quantitative estimate of drug-likeness (QED) is 0.0816. The van der Waals surface area contributed by atoms with E-state index in [9.17, 15) is 14.0 Å². The molecule has 72 heavy (non-hydrogen) atoms. The van der Waals surface area contributed by atoms with Gasteiger partial charge < -0.3 is 38.7 Å². The number of rotatable bonds is 20. The summed E-state index contributed by atoms with van der Waals surface area (Å²) in [5.74, 6) is 5.82. The van der Waals surface area contributed by atoms with Gasteiger partial charge in [-0.25, -0.2) is 14.4 Å². The van der Waals surface area contributed by atoms with Gasteiger partial charge in [-0.1, -0.05) is 32.9 Å². The molecule has 0 unspecified atom stereocenters. The third-order valence-electron chi connectivity index (χ3n) is 15.7. The van der Waals surface area contributed by atoms with Crippen LogP contribution in [0.2, 0.25) is 0 Å². The summed E-state index contributed by atoms with van der Waals surface area (Å²) in [7, 11) is 3.20. The molecule has 2 aromatic heterocycles. The molecule has 394 valence electrons. The van der Waals surface area contributed by atoms with Gasteiger partial charge in [-0.2, -0.15) is 0 Å². The lowest BCUT2D eigenvalue weighted by Crippen LogP contribution is -2.43. The predicted molar refractivity (Wildman–Crippen MR) is 282 cm³/mol. The van der Waals surface area contributed by atoms with Gasteiger partial charge in [0.2, 0.25) is 23.6 Å². The summed E-state index contributed by atoms with van der Waals surface area (Å²) in [5, 5.41) is 6.49. The third kappa shape index (κ3) is 13.9. The molecule has 2 aromatic carbocycles. The van der Waals surface area contributed by atoms with Crippen LogP contribution in [0.15, 0.2) is 43.6 Å². The van der Waals surface area contributed by atoms with E-state index in [1.807, 2.05) is 19.9 Å². The Balaban J connectivity index is 0.761. The number of piperidine rings is 4. The molecule has 4 aliphatic rings. The molecule has 8 rings (SSSR count). The summed E-state index contributed by atoms with van der Waals surface area (Å²) in [6, 6.07) is 8.88. The monoisotopic (exact) mass is 1060 g/mol. The van der Waals surface area contributed by atoms with E-state index in [4.69, 9.17) is 23.3 Å². The van der Waals surface area contributed by atoms with E-state index >= 15 is 0 Å². The van der Waals surface area contributed by atoms with Crippen LogP contribution >= 0.6 is 15.9 Å². The van der Waals surface area contributed by atoms with Gasteiger partial charge in [-0.15, -0.1) is 0 Å². The van der Waals surface area contributed by atoms with Crippen LogP contribution in [0.5, 0.6) is 11.5 Å². The van der Waals surface area contributed by atoms with E-state index in [-0.39, 0.29) is 35.1 Å². The van der Waals surface area contributed by atoms with Crippen LogP contribution in [-0.4, -0.2) is 134 Å². The molecule has 4 atom stereocenters. The summed E-state index contributed by atoms with van der Waals surface area (Å²) >= 11 is 3.99. The van der Waals surface area contributed by atoms with E-state index in [2.05, 4.69) is 78.0 Å². The van der Waals surface area contributed by atoms with E-state index in [0.29, 0.717) is 48.9 Å². The van der Waals surface area contributed by atoms with Crippen LogP contribution < -0.4 is 20.1 Å². The number of benzene rings is 2. The maximum absolute atomic E-state index is 14.7. The molecule has 16 heteroatoms. The first-order valence-electron chi connectivity index (χ1n) is 26.8. The van der Waals surface area contributed by atoms with Gasteiger partial charge in [0.05, 0.1) is 31.2 Å². The minimum Gasteiger partial charge on any atom is -0.496 e. The fourth-order valence-corrected chi connectivity index (χ4v) is 12.7. The maximum atomic E-state index is 14.7. The zero-order valence-corrected chi connectivity index (χ0v) is 45.6. The van der Waals surface area contributed by atoms with Gasteiger partial charge in [-0.3, -0.25) is 19.4 Å². The van der Waals surface area contributed by atoms with Gasteiger partial charge in [0.15, 0.2) is 0 Å². The Kier molecular flexibility index (Phi) is 18.9. The van der Waals surface area contributed by atoms with Crippen LogP contribution in [0, 0.1) is 55.2 Å². The minimum absolute atomic E-state index is 0.0155. The molecule has 4 aliphatic heterocycles. The molecule has 2 N–H and O–H groups in total. The van der Waals surface area contributed by atoms with Crippen LogP contribution in [-0.2, 0) is 29.1 Å². The SMILES string of the molecule is COc1cccc(F)c1-c1nc(CN2CCC(C(=O)NCCCN3C[C@H](C)C[C@H](Cc4ccc(OC)c(-c5nc(CN6CCC(C(=O)NCCCN7C[C@H](C)C[C@H](C)C7)CC6)c(C)o5)c4Br)C3)CC2)c(C)o1. The molecule has 4 fully saturated rings. The molecular formula is C56H80BrFN8O6. The molecule has 0 aliphatic carbocycles. The lowest BCUT2D eigenvalue weighted by molar-refractivity contribution is -0.127. The topological polar surface area (TPSA) is 142 Å². The first-order valence-corrected chi connectivity index (χ1v) is 27.6. The molecule has 2 amide bonds. The van der Waals surface area contributed by atoms with Gasteiger partial charge in [0.25, 0.3) is 0 Å². The molecule has 4 saturated heterocycles. The first-order chi connectivity index (χ1) is 34.7. The van der Waals surface area contributed by atoms with Crippen molar-refractivity contribution >= 4 is 27.7 Å². The van der Waals surface area contributed by atoms with Crippen molar-refractivity contribution in [3.63, 3.8) is 0 Å². The Morgan fingerprint density at radius 3 is 1.69 bits per heavy atom. The van der Waals surface area contributed by atoms with Crippen molar-refractivity contribution in [2.45, 2.75) is 105 Å². The van der Waals surface area contributed by atoms with Gasteiger partial charge in [0, 0.05) is 68.7 Å². The summed E-state index contributed by atoms with van der Waals surface area (Å²) in [4.78, 5) is 45.9. The largest absolute Gasteiger partial charge is 0.496 e. The number of hydrogen-bond donors (Lipinski definition) is 2. The van der Waals surface area contributed by atoms with Crippen molar-refractivity contribution in [2.75, 3.05) is 92.8 Å². The fraction of sp³-hybridized carbons (Fsp3) is 0.643. The van der Waals surface area contributed by atoms with Crippen LogP contribution in [0.25, 0.3) is 22.9 Å². The molecule has 0 bridgehead atoms. The second-order valence-electron chi connectivity index (χ2n) is 21.7. The molecular weight excluding hydrogens is 980 g/mol. The van der Waals surface area contributed by atoms with Crippen molar-refractivity contribution in [2.24, 2.45) is 35.5 Å². The number of hydrogen-bond acceptors (Lipinski definition) is 12. The van der Waals surface area contributed by atoms with Gasteiger partial charge in [0.1, 0.15) is 34.4 Å². The molecule has 6 heterocycles. The summed E-state index contributed by atoms with van der Waals surface area (Å²) in [5.41, 5.74) is 3.96. The smallest absolute Gasteiger partial charge is 0.233 e. The average Bonchev–Trinajstić information content (AvgIpc) is 3.91. The Bertz CT molecular complexity index is 2420. The minimum atomic E-state index is -0.439. The van der Waals surface area contributed by atoms with Crippen molar-refractivity contribution in [1.29, 1.82) is 0 Å². The number of nitrogens with one attached hydrogen (secondary N) is 2. The van der Waals surface area contributed by atoms with Crippen LogP contribution in [0.1, 0.15) is 101 Å². The molecule has 0 spiro atoms. The normalized spacial score (nSPS) is 22.3. The first kappa shape index (κ1) is 53.9. The number of amides is 2. The van der Waals surface area contributed by atoms with Crippen molar-refractivity contribution in [1.82, 2.24) is 40.2 Å². The average molecular weight is 1060 g/mol. The zero-order valence-electron chi connectivity index (χ0n) is 44.0. The lowest BCUT2D eigenvalue weighted by Gasteiger charge is -2.37. The highest BCUT2D eigenvalue weighted by molar-refractivity contribution is 9.10. The lowest BCUT2D eigenvalue weighted by atomic mass is 9.85. The summed E-state index contributed by atoms with van der Waals surface area (Å²) in [6.07, 6.45) is 8.54. The standard InChI is InChI=1S/C56H80BrFN8O6/c1-36-27-37(2)31-65(30-36)21-9-19-59-53(67)42-17-25-64(26-18-42)35-47-40(5)72-56(62-47)51-49(70-7)14-13-44(52(51)57)29-41-28-38(3)32-66(33-41)22-10-20-60-54(68)43-15-23-63(24-16-43)34-46-39(4)71-55(61-46)50-45(58)11-8-12-48(50)69-6/h8,11-14,36-38,41-43H,9-10,15-35H2,1-7H3,(H,59,67)(H,60,68)/t36-,37+,38-,41-/m1/s1. The molecule has 0 saturated carbocycles. The Labute approximate surface area is 435 Å². The number of likely N-dealkylation sites (tertiary alicyclic amines) is 4. The van der Waals surface area contributed by atoms with E-state index in [0.717, 1.165) is 155 Å². The number of carbonyl (C=O) groups is 2. The van der Waals surface area contributed by atoms with Crippen LogP contribution in [0.4, 0.5) is 4.39 Å². The number of aromatic nitrogens is 2. The van der Waals surface area contributed by atoms with Crippen molar-refractivity contribution in [3.05, 3.63) is 69.1 Å². The highest BCUT2D eigenvalue weighted by atomic mass is 79.9. The second kappa shape index (κ2) is 25.3. The number of halogens is 2. The summed E-state index contributed by atoms with van der Waals surface area (Å²) in [6.45, 7) is 23.2. The number of nitrogens with zero attached hydrogens (tertiary/aromatic N) is 6. The highest BCUT2D eigenvalue weighted by Crippen LogP contribution is 2.41. The van der Waals surface area contributed by atoms with Crippen LogP contribution in [0.3, 0.4) is 0 Å². The number of oxazole rings is 2. The number of methoxy groups -OCH3 is 2.